The number of hydrogen-bond acceptors (Lipinski definition) is 5. The molecular formula is C7H15NO6S. The fourth-order valence-corrected chi connectivity index (χ4v) is 0.708. The van der Waals surface area contributed by atoms with Crippen molar-refractivity contribution in [2.45, 2.75) is 20.8 Å². The summed E-state index contributed by atoms with van der Waals surface area (Å²) in [5, 5.41) is 2.39. The average Bonchev–Trinajstić information content (AvgIpc) is 1.99. The van der Waals surface area contributed by atoms with E-state index in [1.54, 1.807) is 20.8 Å². The number of nitrogens with one attached hydrogen (secondary N) is 1. The van der Waals surface area contributed by atoms with Crippen molar-refractivity contribution in [1.82, 2.24) is 5.32 Å². The molecular weight excluding hydrogens is 226 g/mol. The van der Waals surface area contributed by atoms with Crippen LogP contribution in [-0.2, 0) is 24.1 Å². The van der Waals surface area contributed by atoms with Gasteiger partial charge in [0, 0.05) is 5.41 Å². The lowest BCUT2D eigenvalue weighted by Crippen LogP contribution is -2.36. The van der Waals surface area contributed by atoms with Crippen LogP contribution in [0.4, 0.5) is 0 Å². The van der Waals surface area contributed by atoms with Gasteiger partial charge >= 0.3 is 10.4 Å². The second-order valence-corrected chi connectivity index (χ2v) is 4.86. The maximum Gasteiger partial charge on any atom is 0.399 e. The molecule has 0 saturated carbocycles. The Hall–Kier alpha value is -0.700. The normalized spacial score (nSPS) is 12.5. The molecule has 0 saturated heterocycles. The topological polar surface area (TPSA) is 102 Å². The van der Waals surface area contributed by atoms with Gasteiger partial charge in [0.2, 0.25) is 5.91 Å². The van der Waals surface area contributed by atoms with E-state index in [0.29, 0.717) is 0 Å². The van der Waals surface area contributed by atoms with Crippen molar-refractivity contribution >= 4 is 16.3 Å². The Labute approximate surface area is 88.7 Å². The van der Waals surface area contributed by atoms with Crippen LogP contribution in [-0.4, -0.2) is 32.4 Å². The van der Waals surface area contributed by atoms with E-state index in [0.717, 1.165) is 0 Å². The average molecular weight is 241 g/mol. The van der Waals surface area contributed by atoms with Crippen LogP contribution in [0.1, 0.15) is 20.8 Å². The van der Waals surface area contributed by atoms with Gasteiger partial charge in [-0.25, -0.2) is 4.18 Å². The molecule has 0 aromatic rings. The predicted molar refractivity (Wildman–Crippen MR) is 51.1 cm³/mol. The number of carbonyl (C=O) groups is 1. The highest BCUT2D eigenvalue weighted by molar-refractivity contribution is 7.80. The van der Waals surface area contributed by atoms with E-state index in [4.69, 9.17) is 4.55 Å². The Bertz CT molecular complexity index is 304. The molecule has 0 aromatic heterocycles. The lowest BCUT2D eigenvalue weighted by Gasteiger charge is -2.17. The Morgan fingerprint density at radius 3 is 2.33 bits per heavy atom. The molecule has 0 atom stereocenters. The molecule has 15 heavy (non-hydrogen) atoms. The van der Waals surface area contributed by atoms with Gasteiger partial charge in [0.25, 0.3) is 0 Å². The second kappa shape index (κ2) is 5.40. The summed E-state index contributed by atoms with van der Waals surface area (Å²) in [6, 6.07) is 0. The zero-order chi connectivity index (χ0) is 12.1. The molecule has 0 aliphatic heterocycles. The Balaban J connectivity index is 3.61. The van der Waals surface area contributed by atoms with Crippen molar-refractivity contribution in [3.8, 4) is 0 Å². The number of rotatable bonds is 5. The molecule has 0 heterocycles. The highest BCUT2D eigenvalue weighted by atomic mass is 32.3. The Morgan fingerprint density at radius 2 is 1.93 bits per heavy atom. The molecule has 7 nitrogen and oxygen atoms in total. The molecule has 0 radical (unpaired) electrons. The lowest BCUT2D eigenvalue weighted by molar-refractivity contribution is -0.131. The summed E-state index contributed by atoms with van der Waals surface area (Å²) in [4.78, 5) is 11.2. The highest BCUT2D eigenvalue weighted by Crippen LogP contribution is 2.11. The molecule has 2 N–H and O–H groups in total. The first kappa shape index (κ1) is 14.3. The molecule has 90 valence electrons. The second-order valence-electron chi connectivity index (χ2n) is 3.77. The maximum absolute atomic E-state index is 11.2. The van der Waals surface area contributed by atoms with Crippen molar-refractivity contribution in [3.63, 3.8) is 0 Å². The monoisotopic (exact) mass is 241 g/mol. The molecule has 0 unspecified atom stereocenters. The van der Waals surface area contributed by atoms with E-state index in [1.807, 2.05) is 0 Å². The molecule has 0 aliphatic carbocycles. The van der Waals surface area contributed by atoms with Gasteiger partial charge in [-0.1, -0.05) is 20.8 Å². The van der Waals surface area contributed by atoms with E-state index >= 15 is 0 Å². The quantitative estimate of drug-likeness (QED) is 0.396. The summed E-state index contributed by atoms with van der Waals surface area (Å²) in [6.45, 7) is 4.32. The molecule has 1 amide bonds. The van der Waals surface area contributed by atoms with Gasteiger partial charge in [0.1, 0.15) is 6.73 Å². The lowest BCUT2D eigenvalue weighted by atomic mass is 9.96. The van der Waals surface area contributed by atoms with Crippen molar-refractivity contribution in [1.29, 1.82) is 0 Å². The molecule has 0 bridgehead atoms. The smallest absolute Gasteiger partial charge is 0.334 e. The molecule has 0 aromatic carbocycles. The molecule has 0 fully saturated rings. The van der Waals surface area contributed by atoms with Gasteiger partial charge in [0.15, 0.2) is 6.79 Å². The van der Waals surface area contributed by atoms with Crippen LogP contribution in [0, 0.1) is 5.41 Å². The minimum Gasteiger partial charge on any atom is -0.334 e. The third kappa shape index (κ3) is 8.30. The van der Waals surface area contributed by atoms with Gasteiger partial charge in [-0.15, -0.1) is 0 Å². The van der Waals surface area contributed by atoms with Crippen LogP contribution in [0.3, 0.4) is 0 Å². The van der Waals surface area contributed by atoms with Crippen LogP contribution in [0.2, 0.25) is 0 Å². The van der Waals surface area contributed by atoms with Crippen LogP contribution >= 0.6 is 0 Å². The summed E-state index contributed by atoms with van der Waals surface area (Å²) in [5.41, 5.74) is -0.548. The van der Waals surface area contributed by atoms with Gasteiger partial charge in [0.05, 0.1) is 0 Å². The van der Waals surface area contributed by atoms with Crippen molar-refractivity contribution in [3.05, 3.63) is 0 Å². The molecule has 8 heteroatoms. The summed E-state index contributed by atoms with van der Waals surface area (Å²) in [7, 11) is -4.49. The fourth-order valence-electron chi connectivity index (χ4n) is 0.518. The maximum atomic E-state index is 11.2. The SMILES string of the molecule is CC(C)(C)C(=O)NCOCOS(=O)(=O)O. The zero-order valence-corrected chi connectivity index (χ0v) is 9.63. The number of hydrogen-bond donors (Lipinski definition) is 2. The predicted octanol–water partition coefficient (Wildman–Crippen LogP) is -0.100. The van der Waals surface area contributed by atoms with E-state index in [2.05, 4.69) is 14.2 Å². The first-order valence-electron chi connectivity index (χ1n) is 4.11. The summed E-state index contributed by atoms with van der Waals surface area (Å²) < 4.78 is 36.7. The zero-order valence-electron chi connectivity index (χ0n) is 8.81. The fraction of sp³-hybridized carbons (Fsp3) is 0.857. The number of carbonyl (C=O) groups excluding carboxylic acids is 1. The minimum atomic E-state index is -4.49. The van der Waals surface area contributed by atoms with E-state index in [-0.39, 0.29) is 12.6 Å². The van der Waals surface area contributed by atoms with Crippen molar-refractivity contribution in [2.24, 2.45) is 5.41 Å². The van der Waals surface area contributed by atoms with Gasteiger partial charge < -0.3 is 10.1 Å². The van der Waals surface area contributed by atoms with Gasteiger partial charge in [-0.2, -0.15) is 8.42 Å². The Morgan fingerprint density at radius 1 is 1.40 bits per heavy atom. The summed E-state index contributed by atoms with van der Waals surface area (Å²) in [6.07, 6.45) is 0. The molecule has 0 aliphatic rings. The van der Waals surface area contributed by atoms with Crippen molar-refractivity contribution in [2.75, 3.05) is 13.5 Å². The van der Waals surface area contributed by atoms with Gasteiger partial charge in [-0.3, -0.25) is 9.35 Å². The third-order valence-corrected chi connectivity index (χ3v) is 1.69. The third-order valence-electron chi connectivity index (χ3n) is 1.30. The van der Waals surface area contributed by atoms with Crippen LogP contribution in [0.25, 0.3) is 0 Å². The van der Waals surface area contributed by atoms with E-state index < -0.39 is 22.6 Å². The van der Waals surface area contributed by atoms with Crippen LogP contribution in [0.15, 0.2) is 0 Å². The molecule has 0 rings (SSSR count). The number of amides is 1. The van der Waals surface area contributed by atoms with Crippen LogP contribution in [0.5, 0.6) is 0 Å². The van der Waals surface area contributed by atoms with E-state index in [1.165, 1.54) is 0 Å². The Kier molecular flexibility index (Phi) is 5.15. The van der Waals surface area contributed by atoms with Crippen LogP contribution < -0.4 is 5.32 Å². The molecule has 0 spiro atoms. The summed E-state index contributed by atoms with van der Waals surface area (Å²) >= 11 is 0. The first-order chi connectivity index (χ1) is 6.63. The minimum absolute atomic E-state index is 0.189. The standard InChI is InChI=1S/C7H15NO6S/c1-7(2,3)6(9)8-4-13-5-14-15(10,11)12/h4-5H2,1-3H3,(H,8,9)(H,10,11,12). The number of ether oxygens (including phenoxy) is 1. The highest BCUT2D eigenvalue weighted by Gasteiger charge is 2.20. The summed E-state index contributed by atoms with van der Waals surface area (Å²) in [5.74, 6) is -0.241. The van der Waals surface area contributed by atoms with Gasteiger partial charge in [-0.05, 0) is 0 Å². The largest absolute Gasteiger partial charge is 0.399 e. The first-order valence-corrected chi connectivity index (χ1v) is 5.47. The van der Waals surface area contributed by atoms with E-state index in [9.17, 15) is 13.2 Å². The van der Waals surface area contributed by atoms with Crippen molar-refractivity contribution < 1.29 is 26.7 Å².